The minimum absolute atomic E-state index is 0.0763. The molecular formula is C9H18N2O. The van der Waals surface area contributed by atoms with Crippen LogP contribution >= 0.6 is 0 Å². The van der Waals surface area contributed by atoms with Gasteiger partial charge in [0.15, 0.2) is 0 Å². The Kier molecular flexibility index (Phi) is 6.73. The number of nitrogens with zero attached hydrogens (tertiary/aromatic N) is 1. The molecule has 1 unspecified atom stereocenters. The lowest BCUT2D eigenvalue weighted by atomic mass is 10.2. The molecule has 0 aliphatic carbocycles. The number of hydrogen-bond acceptors (Lipinski definition) is 3. The summed E-state index contributed by atoms with van der Waals surface area (Å²) in [6.45, 7) is 8.30. The van der Waals surface area contributed by atoms with E-state index in [4.69, 9.17) is 10.00 Å². The monoisotopic (exact) mass is 170 g/mol. The second-order valence-corrected chi connectivity index (χ2v) is 3.27. The van der Waals surface area contributed by atoms with Gasteiger partial charge in [0.1, 0.15) is 0 Å². The van der Waals surface area contributed by atoms with Crippen molar-refractivity contribution in [3.8, 4) is 6.07 Å². The van der Waals surface area contributed by atoms with Crippen LogP contribution in [0.5, 0.6) is 0 Å². The van der Waals surface area contributed by atoms with Gasteiger partial charge in [-0.15, -0.1) is 0 Å². The molecule has 0 aliphatic rings. The molecular weight excluding hydrogens is 152 g/mol. The zero-order chi connectivity index (χ0) is 9.40. The van der Waals surface area contributed by atoms with Crippen LogP contribution in [-0.2, 0) is 4.74 Å². The summed E-state index contributed by atoms with van der Waals surface area (Å²) in [5, 5.41) is 11.4. The SMILES string of the molecule is CC(C)COCCNC(C)C#N. The summed E-state index contributed by atoms with van der Waals surface area (Å²) in [6, 6.07) is 2.02. The van der Waals surface area contributed by atoms with Gasteiger partial charge in [-0.2, -0.15) is 5.26 Å². The lowest BCUT2D eigenvalue weighted by molar-refractivity contribution is 0.111. The number of rotatable bonds is 6. The van der Waals surface area contributed by atoms with Crippen molar-refractivity contribution in [2.45, 2.75) is 26.8 Å². The Balaban J connectivity index is 3.07. The molecule has 0 aromatic carbocycles. The van der Waals surface area contributed by atoms with Crippen molar-refractivity contribution < 1.29 is 4.74 Å². The number of ether oxygens (including phenoxy) is 1. The summed E-state index contributed by atoms with van der Waals surface area (Å²) in [5.41, 5.74) is 0. The molecule has 0 aromatic rings. The fourth-order valence-corrected chi connectivity index (χ4v) is 0.712. The number of nitrogens with one attached hydrogen (secondary N) is 1. The Morgan fingerprint density at radius 2 is 2.08 bits per heavy atom. The van der Waals surface area contributed by atoms with Crippen LogP contribution in [-0.4, -0.2) is 25.8 Å². The zero-order valence-corrected chi connectivity index (χ0v) is 8.13. The van der Waals surface area contributed by atoms with Crippen molar-refractivity contribution in [3.63, 3.8) is 0 Å². The van der Waals surface area contributed by atoms with Crippen molar-refractivity contribution in [3.05, 3.63) is 0 Å². The molecule has 1 N–H and O–H groups in total. The molecule has 0 aliphatic heterocycles. The highest BCUT2D eigenvalue weighted by atomic mass is 16.5. The van der Waals surface area contributed by atoms with Gasteiger partial charge >= 0.3 is 0 Å². The van der Waals surface area contributed by atoms with Gasteiger partial charge in [-0.05, 0) is 12.8 Å². The maximum Gasteiger partial charge on any atom is 0.0925 e. The maximum absolute atomic E-state index is 8.43. The van der Waals surface area contributed by atoms with E-state index in [0.717, 1.165) is 13.2 Å². The van der Waals surface area contributed by atoms with E-state index in [9.17, 15) is 0 Å². The van der Waals surface area contributed by atoms with Gasteiger partial charge in [0.2, 0.25) is 0 Å². The molecule has 0 amide bonds. The molecule has 12 heavy (non-hydrogen) atoms. The van der Waals surface area contributed by atoms with E-state index in [1.807, 2.05) is 6.92 Å². The Bertz CT molecular complexity index is 140. The normalized spacial score (nSPS) is 12.9. The molecule has 0 saturated heterocycles. The Morgan fingerprint density at radius 3 is 2.58 bits per heavy atom. The highest BCUT2D eigenvalue weighted by Crippen LogP contribution is 1.91. The molecule has 3 nitrogen and oxygen atoms in total. The molecule has 0 aromatic heterocycles. The highest BCUT2D eigenvalue weighted by Gasteiger charge is 1.97. The Morgan fingerprint density at radius 1 is 1.42 bits per heavy atom. The van der Waals surface area contributed by atoms with E-state index >= 15 is 0 Å². The molecule has 0 rings (SSSR count). The van der Waals surface area contributed by atoms with Crippen LogP contribution in [0, 0.1) is 17.2 Å². The largest absolute Gasteiger partial charge is 0.380 e. The third-order valence-electron chi connectivity index (χ3n) is 1.34. The van der Waals surface area contributed by atoms with Crippen LogP contribution in [0.3, 0.4) is 0 Å². The number of nitriles is 1. The third-order valence-corrected chi connectivity index (χ3v) is 1.34. The Labute approximate surface area is 74.7 Å². The van der Waals surface area contributed by atoms with Crippen LogP contribution in [0.2, 0.25) is 0 Å². The van der Waals surface area contributed by atoms with Crippen molar-refractivity contribution >= 4 is 0 Å². The van der Waals surface area contributed by atoms with Crippen molar-refractivity contribution in [2.75, 3.05) is 19.8 Å². The summed E-state index contributed by atoms with van der Waals surface area (Å²) in [5.74, 6) is 0.582. The first-order valence-corrected chi connectivity index (χ1v) is 4.37. The van der Waals surface area contributed by atoms with Crippen LogP contribution in [0.25, 0.3) is 0 Å². The van der Waals surface area contributed by atoms with Gasteiger partial charge in [-0.25, -0.2) is 0 Å². The van der Waals surface area contributed by atoms with Crippen LogP contribution < -0.4 is 5.32 Å². The fraction of sp³-hybridized carbons (Fsp3) is 0.889. The van der Waals surface area contributed by atoms with E-state index < -0.39 is 0 Å². The fourth-order valence-electron chi connectivity index (χ4n) is 0.712. The Hall–Kier alpha value is -0.590. The van der Waals surface area contributed by atoms with E-state index in [1.54, 1.807) is 0 Å². The molecule has 0 spiro atoms. The van der Waals surface area contributed by atoms with Gasteiger partial charge in [-0.1, -0.05) is 13.8 Å². The standard InChI is InChI=1S/C9H18N2O/c1-8(2)7-12-5-4-11-9(3)6-10/h8-9,11H,4-5,7H2,1-3H3. The first-order chi connectivity index (χ1) is 5.66. The van der Waals surface area contributed by atoms with Gasteiger partial charge in [0.25, 0.3) is 0 Å². The van der Waals surface area contributed by atoms with E-state index in [2.05, 4.69) is 25.2 Å². The second-order valence-electron chi connectivity index (χ2n) is 3.27. The average Bonchev–Trinajstić information content (AvgIpc) is 2.03. The maximum atomic E-state index is 8.43. The lowest BCUT2D eigenvalue weighted by Gasteiger charge is -2.08. The molecule has 0 bridgehead atoms. The molecule has 0 heterocycles. The van der Waals surface area contributed by atoms with Gasteiger partial charge < -0.3 is 4.74 Å². The van der Waals surface area contributed by atoms with Crippen LogP contribution in [0.4, 0.5) is 0 Å². The lowest BCUT2D eigenvalue weighted by Crippen LogP contribution is -2.28. The molecule has 0 saturated carbocycles. The van der Waals surface area contributed by atoms with Crippen molar-refractivity contribution in [2.24, 2.45) is 5.92 Å². The zero-order valence-electron chi connectivity index (χ0n) is 8.13. The molecule has 0 fully saturated rings. The van der Waals surface area contributed by atoms with E-state index in [-0.39, 0.29) is 6.04 Å². The van der Waals surface area contributed by atoms with Crippen molar-refractivity contribution in [1.82, 2.24) is 5.32 Å². The van der Waals surface area contributed by atoms with Gasteiger partial charge in [0, 0.05) is 13.2 Å². The smallest absolute Gasteiger partial charge is 0.0925 e. The summed E-state index contributed by atoms with van der Waals surface area (Å²) < 4.78 is 5.32. The van der Waals surface area contributed by atoms with Gasteiger partial charge in [0.05, 0.1) is 18.7 Å². The third kappa shape index (κ3) is 7.52. The molecule has 3 heteroatoms. The summed E-state index contributed by atoms with van der Waals surface area (Å²) in [6.07, 6.45) is 0. The minimum Gasteiger partial charge on any atom is -0.380 e. The summed E-state index contributed by atoms with van der Waals surface area (Å²) >= 11 is 0. The quantitative estimate of drug-likeness (QED) is 0.608. The second kappa shape index (κ2) is 7.08. The number of hydrogen-bond donors (Lipinski definition) is 1. The molecule has 70 valence electrons. The first-order valence-electron chi connectivity index (χ1n) is 4.37. The summed E-state index contributed by atoms with van der Waals surface area (Å²) in [7, 11) is 0. The van der Waals surface area contributed by atoms with Crippen molar-refractivity contribution in [1.29, 1.82) is 5.26 Å². The van der Waals surface area contributed by atoms with Crippen LogP contribution in [0.1, 0.15) is 20.8 Å². The topological polar surface area (TPSA) is 45.0 Å². The van der Waals surface area contributed by atoms with Gasteiger partial charge in [-0.3, -0.25) is 5.32 Å². The first kappa shape index (κ1) is 11.4. The highest BCUT2D eigenvalue weighted by molar-refractivity contribution is 4.84. The average molecular weight is 170 g/mol. The van der Waals surface area contributed by atoms with E-state index in [0.29, 0.717) is 12.5 Å². The predicted octanol–water partition coefficient (Wildman–Crippen LogP) is 1.16. The summed E-state index contributed by atoms with van der Waals surface area (Å²) in [4.78, 5) is 0. The molecule has 0 radical (unpaired) electrons. The van der Waals surface area contributed by atoms with Crippen LogP contribution in [0.15, 0.2) is 0 Å². The van der Waals surface area contributed by atoms with E-state index in [1.165, 1.54) is 0 Å². The molecule has 1 atom stereocenters. The predicted molar refractivity (Wildman–Crippen MR) is 48.7 cm³/mol. The minimum atomic E-state index is -0.0763.